The summed E-state index contributed by atoms with van der Waals surface area (Å²) in [6.45, 7) is 1.21. The highest BCUT2D eigenvalue weighted by Gasteiger charge is 2.18. The fourth-order valence-corrected chi connectivity index (χ4v) is 4.27. The van der Waals surface area contributed by atoms with Crippen LogP contribution in [0.1, 0.15) is 23.4 Å². The number of halogens is 2. The number of benzene rings is 3. The van der Waals surface area contributed by atoms with Gasteiger partial charge in [0.15, 0.2) is 11.5 Å². The predicted molar refractivity (Wildman–Crippen MR) is 133 cm³/mol. The summed E-state index contributed by atoms with van der Waals surface area (Å²) in [5, 5.41) is 0.528. The second kappa shape index (κ2) is 10.8. The highest BCUT2D eigenvalue weighted by atomic mass is 35.5. The molecule has 0 atom stereocenters. The fourth-order valence-electron chi connectivity index (χ4n) is 3.86. The van der Waals surface area contributed by atoms with Gasteiger partial charge in [-0.25, -0.2) is 4.98 Å². The van der Waals surface area contributed by atoms with E-state index in [0.717, 1.165) is 40.2 Å². The number of methoxy groups -OCH3 is 2. The average Bonchev–Trinajstić information content (AvgIpc) is 3.18. The van der Waals surface area contributed by atoms with Crippen molar-refractivity contribution in [2.45, 2.75) is 19.4 Å². The first-order valence-corrected chi connectivity index (χ1v) is 11.7. The molecule has 4 rings (SSSR count). The van der Waals surface area contributed by atoms with Gasteiger partial charge < -0.3 is 18.8 Å². The Hall–Kier alpha value is -2.89. The number of para-hydroxylation sites is 3. The van der Waals surface area contributed by atoms with Gasteiger partial charge in [0.05, 0.1) is 43.4 Å². The Morgan fingerprint density at radius 1 is 0.879 bits per heavy atom. The molecular weight excluding hydrogens is 459 g/mol. The first-order valence-electron chi connectivity index (χ1n) is 10.8. The van der Waals surface area contributed by atoms with Crippen molar-refractivity contribution in [3.63, 3.8) is 0 Å². The largest absolute Gasteiger partial charge is 0.493 e. The maximum atomic E-state index is 6.68. The Labute approximate surface area is 203 Å². The maximum Gasteiger partial charge on any atom is 0.179 e. The molecule has 7 heteroatoms. The van der Waals surface area contributed by atoms with Crippen LogP contribution in [0.15, 0.2) is 60.7 Å². The fraction of sp³-hybridized carbons (Fsp3) is 0.269. The van der Waals surface area contributed by atoms with Crippen LogP contribution in [-0.2, 0) is 13.0 Å². The Bertz CT molecular complexity index is 1240. The average molecular weight is 485 g/mol. The van der Waals surface area contributed by atoms with Gasteiger partial charge in [0.25, 0.3) is 0 Å². The number of aromatic nitrogens is 2. The number of rotatable bonds is 10. The molecule has 0 radical (unpaired) electrons. The molecule has 33 heavy (non-hydrogen) atoms. The number of alkyl halides is 1. The number of nitrogens with zero attached hydrogens (tertiary/aromatic N) is 2. The van der Waals surface area contributed by atoms with E-state index < -0.39 is 0 Å². The maximum absolute atomic E-state index is 6.68. The molecule has 4 aromatic rings. The number of imidazole rings is 1. The molecule has 5 nitrogen and oxygen atoms in total. The Morgan fingerprint density at radius 3 is 2.45 bits per heavy atom. The van der Waals surface area contributed by atoms with Gasteiger partial charge in [-0.15, -0.1) is 11.6 Å². The molecule has 1 aromatic heterocycles. The van der Waals surface area contributed by atoms with Gasteiger partial charge in [-0.2, -0.15) is 0 Å². The summed E-state index contributed by atoms with van der Waals surface area (Å²) in [7, 11) is 3.18. The molecule has 0 saturated heterocycles. The van der Waals surface area contributed by atoms with Crippen molar-refractivity contribution in [2.24, 2.45) is 0 Å². The van der Waals surface area contributed by atoms with Crippen molar-refractivity contribution in [3.8, 4) is 17.2 Å². The molecule has 0 amide bonds. The zero-order valence-corrected chi connectivity index (χ0v) is 20.2. The molecule has 3 aromatic carbocycles. The molecule has 0 N–H and O–H groups in total. The quantitative estimate of drug-likeness (QED) is 0.194. The standard InChI is InChI=1S/C26H26Cl2N2O3/c1-31-23-13-12-18(25(28)26(23)32-2)16-24-29-20-9-4-5-10-21(20)30(24)17-19-8-3-6-11-22(19)33-15-7-14-27/h3-6,8-13H,7,14-17H2,1-2H3. The normalized spacial score (nSPS) is 11.0. The number of fused-ring (bicyclic) bond motifs is 1. The zero-order valence-electron chi connectivity index (χ0n) is 18.7. The van der Waals surface area contributed by atoms with Gasteiger partial charge in [0.1, 0.15) is 11.6 Å². The third kappa shape index (κ3) is 5.05. The summed E-state index contributed by atoms with van der Waals surface area (Å²) in [6.07, 6.45) is 1.34. The Balaban J connectivity index is 1.73. The van der Waals surface area contributed by atoms with Crippen molar-refractivity contribution < 1.29 is 14.2 Å². The number of hydrogen-bond acceptors (Lipinski definition) is 4. The molecule has 0 aliphatic rings. The van der Waals surface area contributed by atoms with Crippen LogP contribution >= 0.6 is 23.2 Å². The molecule has 0 saturated carbocycles. The first-order chi connectivity index (χ1) is 16.2. The molecule has 0 unspecified atom stereocenters. The summed E-state index contributed by atoms with van der Waals surface area (Å²) >= 11 is 12.5. The molecule has 0 bridgehead atoms. The molecule has 0 aliphatic heterocycles. The summed E-state index contributed by atoms with van der Waals surface area (Å²) in [5.74, 6) is 3.46. The van der Waals surface area contributed by atoms with Gasteiger partial charge in [-0.05, 0) is 36.2 Å². The van der Waals surface area contributed by atoms with Crippen molar-refractivity contribution in [1.82, 2.24) is 9.55 Å². The highest BCUT2D eigenvalue weighted by molar-refractivity contribution is 6.33. The van der Waals surface area contributed by atoms with Gasteiger partial charge >= 0.3 is 0 Å². The van der Waals surface area contributed by atoms with Gasteiger partial charge in [-0.3, -0.25) is 0 Å². The van der Waals surface area contributed by atoms with Crippen LogP contribution in [0.4, 0.5) is 0 Å². The molecule has 0 fully saturated rings. The topological polar surface area (TPSA) is 45.5 Å². The van der Waals surface area contributed by atoms with Crippen LogP contribution in [0, 0.1) is 0 Å². The second-order valence-corrected chi connectivity index (χ2v) is 8.31. The van der Waals surface area contributed by atoms with Crippen LogP contribution in [0.2, 0.25) is 5.02 Å². The number of hydrogen-bond donors (Lipinski definition) is 0. The van der Waals surface area contributed by atoms with E-state index in [-0.39, 0.29) is 0 Å². The van der Waals surface area contributed by atoms with E-state index in [4.69, 9.17) is 42.4 Å². The van der Waals surface area contributed by atoms with E-state index in [1.807, 2.05) is 48.5 Å². The highest BCUT2D eigenvalue weighted by Crippen LogP contribution is 2.38. The molecule has 1 heterocycles. The lowest BCUT2D eigenvalue weighted by molar-refractivity contribution is 0.314. The van der Waals surface area contributed by atoms with E-state index in [9.17, 15) is 0 Å². The van der Waals surface area contributed by atoms with Crippen LogP contribution in [0.25, 0.3) is 11.0 Å². The van der Waals surface area contributed by atoms with Gasteiger partial charge in [-0.1, -0.05) is 48.0 Å². The zero-order chi connectivity index (χ0) is 23.2. The van der Waals surface area contributed by atoms with E-state index in [1.165, 1.54) is 0 Å². The summed E-state index contributed by atoms with van der Waals surface area (Å²) < 4.78 is 19.1. The summed E-state index contributed by atoms with van der Waals surface area (Å²) in [4.78, 5) is 4.92. The van der Waals surface area contributed by atoms with Crippen molar-refractivity contribution in [2.75, 3.05) is 26.7 Å². The first kappa shape index (κ1) is 23.3. The minimum Gasteiger partial charge on any atom is -0.493 e. The smallest absolute Gasteiger partial charge is 0.179 e. The molecule has 0 aliphatic carbocycles. The van der Waals surface area contributed by atoms with Gasteiger partial charge in [0, 0.05) is 17.9 Å². The van der Waals surface area contributed by atoms with Crippen molar-refractivity contribution >= 4 is 34.2 Å². The van der Waals surface area contributed by atoms with Crippen molar-refractivity contribution in [1.29, 1.82) is 0 Å². The lowest BCUT2D eigenvalue weighted by Crippen LogP contribution is -2.09. The minimum absolute atomic E-state index is 0.525. The van der Waals surface area contributed by atoms with Crippen LogP contribution < -0.4 is 14.2 Å². The van der Waals surface area contributed by atoms with Gasteiger partial charge in [0.2, 0.25) is 0 Å². The van der Waals surface area contributed by atoms with E-state index >= 15 is 0 Å². The van der Waals surface area contributed by atoms with Crippen LogP contribution in [-0.4, -0.2) is 36.3 Å². The van der Waals surface area contributed by atoms with E-state index in [1.54, 1.807) is 14.2 Å². The van der Waals surface area contributed by atoms with E-state index in [2.05, 4.69) is 16.7 Å². The third-order valence-electron chi connectivity index (χ3n) is 5.48. The molecule has 0 spiro atoms. The minimum atomic E-state index is 0.525. The lowest BCUT2D eigenvalue weighted by Gasteiger charge is -2.15. The monoisotopic (exact) mass is 484 g/mol. The van der Waals surface area contributed by atoms with E-state index in [0.29, 0.717) is 42.0 Å². The Kier molecular flexibility index (Phi) is 7.63. The van der Waals surface area contributed by atoms with Crippen LogP contribution in [0.5, 0.6) is 17.2 Å². The Morgan fingerprint density at radius 2 is 1.67 bits per heavy atom. The number of ether oxygens (including phenoxy) is 3. The summed E-state index contributed by atoms with van der Waals surface area (Å²) in [6, 6.07) is 20.0. The third-order valence-corrected chi connectivity index (χ3v) is 6.17. The van der Waals surface area contributed by atoms with Crippen LogP contribution in [0.3, 0.4) is 0 Å². The molecule has 172 valence electrons. The second-order valence-electron chi connectivity index (χ2n) is 7.55. The summed E-state index contributed by atoms with van der Waals surface area (Å²) in [5.41, 5.74) is 3.98. The predicted octanol–water partition coefficient (Wildman–Crippen LogP) is 6.35. The lowest BCUT2D eigenvalue weighted by atomic mass is 10.1. The van der Waals surface area contributed by atoms with Crippen molar-refractivity contribution in [3.05, 3.63) is 82.6 Å². The SMILES string of the molecule is COc1ccc(Cc2nc3ccccc3n2Cc2ccccc2OCCCCl)c(Cl)c1OC. The molecular formula is C26H26Cl2N2O3.